The molecule has 1 nitrogen and oxygen atoms in total. The normalized spacial score (nSPS) is 10.6. The highest BCUT2D eigenvalue weighted by Gasteiger charge is 2.12. The van der Waals surface area contributed by atoms with E-state index < -0.39 is 0 Å². The zero-order chi connectivity index (χ0) is 10.7. The van der Waals surface area contributed by atoms with Crippen molar-refractivity contribution in [2.45, 2.75) is 20.3 Å². The second kappa shape index (κ2) is 4.51. The topological polar surface area (TPSA) is 12.0 Å². The van der Waals surface area contributed by atoms with Crippen LogP contribution in [0.1, 0.15) is 16.7 Å². The van der Waals surface area contributed by atoms with Crippen molar-refractivity contribution < 1.29 is 8.78 Å². The standard InChI is InChI=1S/C11H15F2N/c1-7-6-10(12)8(2)9(11(7)13)4-5-14-3/h6,14H,4-5H2,1-3H3. The van der Waals surface area contributed by atoms with Crippen molar-refractivity contribution in [3.05, 3.63) is 34.4 Å². The van der Waals surface area contributed by atoms with Gasteiger partial charge in [0.1, 0.15) is 11.6 Å². The average molecular weight is 199 g/mol. The summed E-state index contributed by atoms with van der Waals surface area (Å²) in [6.07, 6.45) is 0.521. The SMILES string of the molecule is CNCCc1c(C)c(F)cc(C)c1F. The van der Waals surface area contributed by atoms with Gasteiger partial charge in [0.25, 0.3) is 0 Å². The number of halogens is 2. The van der Waals surface area contributed by atoms with E-state index in [4.69, 9.17) is 0 Å². The van der Waals surface area contributed by atoms with E-state index in [-0.39, 0.29) is 11.6 Å². The minimum atomic E-state index is -0.324. The summed E-state index contributed by atoms with van der Waals surface area (Å²) in [7, 11) is 1.79. The molecule has 0 saturated heterocycles. The van der Waals surface area contributed by atoms with E-state index >= 15 is 0 Å². The Labute approximate surface area is 83.1 Å². The summed E-state index contributed by atoms with van der Waals surface area (Å²) in [6.45, 7) is 3.85. The molecule has 0 aliphatic heterocycles. The molecule has 0 fully saturated rings. The predicted octanol–water partition coefficient (Wildman–Crippen LogP) is 2.34. The van der Waals surface area contributed by atoms with Crippen molar-refractivity contribution >= 4 is 0 Å². The van der Waals surface area contributed by atoms with E-state index in [1.54, 1.807) is 20.9 Å². The molecular formula is C11H15F2N. The maximum Gasteiger partial charge on any atom is 0.129 e. The van der Waals surface area contributed by atoms with Gasteiger partial charge < -0.3 is 5.32 Å². The van der Waals surface area contributed by atoms with Gasteiger partial charge in [0.15, 0.2) is 0 Å². The van der Waals surface area contributed by atoms with Crippen molar-refractivity contribution in [2.75, 3.05) is 13.6 Å². The van der Waals surface area contributed by atoms with Crippen LogP contribution in [0.15, 0.2) is 6.07 Å². The van der Waals surface area contributed by atoms with Crippen LogP contribution in [0.3, 0.4) is 0 Å². The van der Waals surface area contributed by atoms with Crippen LogP contribution >= 0.6 is 0 Å². The molecule has 1 N–H and O–H groups in total. The monoisotopic (exact) mass is 199 g/mol. The van der Waals surface area contributed by atoms with Gasteiger partial charge in [-0.15, -0.1) is 0 Å². The van der Waals surface area contributed by atoms with Crippen molar-refractivity contribution in [3.8, 4) is 0 Å². The second-order valence-corrected chi connectivity index (χ2v) is 3.45. The third-order valence-electron chi connectivity index (χ3n) is 2.39. The van der Waals surface area contributed by atoms with Gasteiger partial charge in [-0.3, -0.25) is 0 Å². The number of hydrogen-bond acceptors (Lipinski definition) is 1. The van der Waals surface area contributed by atoms with Gasteiger partial charge in [-0.05, 0) is 56.6 Å². The molecule has 0 aliphatic rings. The summed E-state index contributed by atoms with van der Waals surface area (Å²) in [5.74, 6) is -0.603. The summed E-state index contributed by atoms with van der Waals surface area (Å²) >= 11 is 0. The molecule has 1 aromatic carbocycles. The number of nitrogens with one attached hydrogen (secondary N) is 1. The summed E-state index contributed by atoms with van der Waals surface area (Å²) < 4.78 is 26.8. The van der Waals surface area contributed by atoms with Crippen LogP contribution in [0.2, 0.25) is 0 Å². The van der Waals surface area contributed by atoms with Gasteiger partial charge >= 0.3 is 0 Å². The number of likely N-dealkylation sites (N-methyl/N-ethyl adjacent to an activating group) is 1. The van der Waals surface area contributed by atoms with E-state index in [1.807, 2.05) is 0 Å². The summed E-state index contributed by atoms with van der Waals surface area (Å²) in [5.41, 5.74) is 1.28. The molecule has 0 saturated carbocycles. The Balaban J connectivity index is 3.11. The predicted molar refractivity (Wildman–Crippen MR) is 53.5 cm³/mol. The lowest BCUT2D eigenvalue weighted by Crippen LogP contribution is -2.13. The summed E-state index contributed by atoms with van der Waals surface area (Å²) in [6, 6.07) is 1.24. The fourth-order valence-corrected chi connectivity index (χ4v) is 1.46. The highest BCUT2D eigenvalue weighted by Crippen LogP contribution is 2.20. The van der Waals surface area contributed by atoms with Crippen molar-refractivity contribution in [1.82, 2.24) is 5.32 Å². The average Bonchev–Trinajstić information content (AvgIpc) is 2.15. The molecular weight excluding hydrogens is 184 g/mol. The van der Waals surface area contributed by atoms with E-state index in [2.05, 4.69) is 5.32 Å². The van der Waals surface area contributed by atoms with Crippen LogP contribution in [-0.4, -0.2) is 13.6 Å². The van der Waals surface area contributed by atoms with E-state index in [1.165, 1.54) is 6.07 Å². The number of benzene rings is 1. The lowest BCUT2D eigenvalue weighted by molar-refractivity contribution is 0.566. The number of hydrogen-bond donors (Lipinski definition) is 1. The lowest BCUT2D eigenvalue weighted by Gasteiger charge is -2.10. The van der Waals surface area contributed by atoms with Gasteiger partial charge in [-0.2, -0.15) is 0 Å². The van der Waals surface area contributed by atoms with Crippen LogP contribution in [0.5, 0.6) is 0 Å². The van der Waals surface area contributed by atoms with Crippen LogP contribution in [0, 0.1) is 25.5 Å². The van der Waals surface area contributed by atoms with Crippen molar-refractivity contribution in [3.63, 3.8) is 0 Å². The molecule has 1 aromatic rings. The Morgan fingerprint density at radius 2 is 1.93 bits per heavy atom. The number of rotatable bonds is 3. The second-order valence-electron chi connectivity index (χ2n) is 3.45. The summed E-state index contributed by atoms with van der Waals surface area (Å²) in [4.78, 5) is 0. The molecule has 0 spiro atoms. The van der Waals surface area contributed by atoms with Crippen LogP contribution in [0.4, 0.5) is 8.78 Å². The Hall–Kier alpha value is -0.960. The minimum absolute atomic E-state index is 0.279. The zero-order valence-corrected chi connectivity index (χ0v) is 8.75. The highest BCUT2D eigenvalue weighted by atomic mass is 19.1. The quantitative estimate of drug-likeness (QED) is 0.788. The minimum Gasteiger partial charge on any atom is -0.319 e. The first-order chi connectivity index (χ1) is 6.57. The largest absolute Gasteiger partial charge is 0.319 e. The molecule has 0 aromatic heterocycles. The molecule has 14 heavy (non-hydrogen) atoms. The van der Waals surface area contributed by atoms with Crippen molar-refractivity contribution in [2.24, 2.45) is 0 Å². The lowest BCUT2D eigenvalue weighted by atomic mass is 10.0. The first-order valence-electron chi connectivity index (χ1n) is 4.66. The van der Waals surface area contributed by atoms with E-state index in [9.17, 15) is 8.78 Å². The van der Waals surface area contributed by atoms with E-state index in [0.717, 1.165) is 0 Å². The fourth-order valence-electron chi connectivity index (χ4n) is 1.46. The third kappa shape index (κ3) is 2.10. The molecule has 78 valence electrons. The Morgan fingerprint density at radius 1 is 1.29 bits per heavy atom. The molecule has 1 rings (SSSR count). The first-order valence-corrected chi connectivity index (χ1v) is 4.66. The van der Waals surface area contributed by atoms with Gasteiger partial charge in [-0.1, -0.05) is 0 Å². The van der Waals surface area contributed by atoms with Gasteiger partial charge in [0, 0.05) is 0 Å². The maximum atomic E-state index is 13.6. The smallest absolute Gasteiger partial charge is 0.129 e. The fraction of sp³-hybridized carbons (Fsp3) is 0.455. The van der Waals surface area contributed by atoms with E-state index in [0.29, 0.717) is 29.7 Å². The highest BCUT2D eigenvalue weighted by molar-refractivity contribution is 5.34. The first kappa shape index (κ1) is 11.1. The Kier molecular flexibility index (Phi) is 3.58. The number of aryl methyl sites for hydroxylation is 1. The zero-order valence-electron chi connectivity index (χ0n) is 8.75. The van der Waals surface area contributed by atoms with Gasteiger partial charge in [0.05, 0.1) is 0 Å². The molecule has 0 heterocycles. The molecule has 0 amide bonds. The third-order valence-corrected chi connectivity index (χ3v) is 2.39. The molecule has 0 atom stereocenters. The molecule has 0 unspecified atom stereocenters. The molecule has 0 bridgehead atoms. The summed E-state index contributed by atoms with van der Waals surface area (Å²) in [5, 5.41) is 2.92. The van der Waals surface area contributed by atoms with Gasteiger partial charge in [0.2, 0.25) is 0 Å². The van der Waals surface area contributed by atoms with Crippen LogP contribution in [-0.2, 0) is 6.42 Å². The Bertz CT molecular complexity index is 308. The van der Waals surface area contributed by atoms with Crippen LogP contribution < -0.4 is 5.32 Å². The maximum absolute atomic E-state index is 13.6. The molecule has 3 heteroatoms. The molecule has 0 radical (unpaired) electrons. The van der Waals surface area contributed by atoms with Crippen molar-refractivity contribution in [1.29, 1.82) is 0 Å². The molecule has 0 aliphatic carbocycles. The van der Waals surface area contributed by atoms with Crippen LogP contribution in [0.25, 0.3) is 0 Å². The Morgan fingerprint density at radius 3 is 2.50 bits per heavy atom. The van der Waals surface area contributed by atoms with Gasteiger partial charge in [-0.25, -0.2) is 8.78 Å².